The lowest BCUT2D eigenvalue weighted by molar-refractivity contribution is 0.591. The molecule has 0 saturated heterocycles. The molecule has 44 heavy (non-hydrogen) atoms. The van der Waals surface area contributed by atoms with Gasteiger partial charge in [0.25, 0.3) is 0 Å². The molecule has 0 fully saturated rings. The molecule has 0 aromatic heterocycles. The van der Waals surface area contributed by atoms with Gasteiger partial charge in [0.2, 0.25) is 0 Å². The Morgan fingerprint density at radius 1 is 0.500 bits per heavy atom. The van der Waals surface area contributed by atoms with Crippen LogP contribution < -0.4 is 0 Å². The van der Waals surface area contributed by atoms with Crippen LogP contribution >= 0.6 is 0 Å². The minimum absolute atomic E-state index is 0.0615. The molecular weight excluding hydrogens is 528 g/mol. The average molecular weight is 567 g/mol. The van der Waals surface area contributed by atoms with Gasteiger partial charge in [-0.3, -0.25) is 0 Å². The maximum atomic E-state index is 3.65. The summed E-state index contributed by atoms with van der Waals surface area (Å²) in [6.45, 7) is 18.2. The van der Waals surface area contributed by atoms with Crippen LogP contribution in [-0.4, -0.2) is 0 Å². The van der Waals surface area contributed by atoms with E-state index in [0.717, 1.165) is 33.0 Å². The van der Waals surface area contributed by atoms with Crippen molar-refractivity contribution in [2.24, 2.45) is 0 Å². The van der Waals surface area contributed by atoms with Crippen molar-refractivity contribution in [1.29, 1.82) is 0 Å². The highest BCUT2D eigenvalue weighted by Gasteiger charge is 2.21. The molecule has 6 rings (SSSR count). The fourth-order valence-electron chi connectivity index (χ4n) is 5.93. The fraction of sp³-hybridized carbons (Fsp3) is 0.227. The molecule has 4 bridgehead atoms. The van der Waals surface area contributed by atoms with Gasteiger partial charge in [-0.15, -0.1) is 11.5 Å². The van der Waals surface area contributed by atoms with Crippen LogP contribution in [0, 0.1) is 37.5 Å². The van der Waals surface area contributed by atoms with E-state index in [0.29, 0.717) is 0 Å². The smallest absolute Gasteiger partial charge is 0.0667 e. The van der Waals surface area contributed by atoms with Gasteiger partial charge in [0.1, 0.15) is 0 Å². The second kappa shape index (κ2) is 10.9. The summed E-state index contributed by atoms with van der Waals surface area (Å²) in [6.07, 6.45) is 11.8. The monoisotopic (exact) mass is 566 g/mol. The minimum Gasteiger partial charge on any atom is -0.104 e. The summed E-state index contributed by atoms with van der Waals surface area (Å²) in [5.74, 6) is 14.2. The van der Waals surface area contributed by atoms with Crippen molar-refractivity contribution in [3.05, 3.63) is 141 Å². The molecule has 0 N–H and O–H groups in total. The Morgan fingerprint density at radius 2 is 0.886 bits per heavy atom. The van der Waals surface area contributed by atoms with E-state index in [2.05, 4.69) is 139 Å². The molecule has 0 saturated carbocycles. The van der Waals surface area contributed by atoms with Crippen LogP contribution in [-0.2, 0) is 10.8 Å². The lowest BCUT2D eigenvalue weighted by Crippen LogP contribution is -2.12. The highest BCUT2D eigenvalue weighted by Crippen LogP contribution is 2.38. The van der Waals surface area contributed by atoms with E-state index in [1.54, 1.807) is 0 Å². The number of fused-ring (bicyclic) bond motifs is 7. The summed E-state index contributed by atoms with van der Waals surface area (Å²) in [5.41, 5.74) is 15.0. The van der Waals surface area contributed by atoms with Gasteiger partial charge >= 0.3 is 0 Å². The molecule has 4 aromatic rings. The van der Waals surface area contributed by atoms with Crippen molar-refractivity contribution < 1.29 is 0 Å². The van der Waals surface area contributed by atoms with Crippen molar-refractivity contribution in [2.45, 2.75) is 66.2 Å². The van der Waals surface area contributed by atoms with E-state index in [1.165, 1.54) is 43.8 Å². The Morgan fingerprint density at radius 3 is 1.23 bits per heavy atom. The molecule has 2 aliphatic rings. The number of allylic oxidation sites excluding steroid dienone is 6. The molecule has 0 amide bonds. The van der Waals surface area contributed by atoms with E-state index in [1.807, 2.05) is 36.5 Å². The molecule has 0 nitrogen and oxygen atoms in total. The van der Waals surface area contributed by atoms with Crippen LogP contribution in [0.15, 0.2) is 108 Å². The lowest BCUT2D eigenvalue weighted by Gasteiger charge is -2.23. The zero-order valence-electron chi connectivity index (χ0n) is 27.1. The molecule has 0 heteroatoms. The predicted molar refractivity (Wildman–Crippen MR) is 190 cm³/mol. The molecule has 214 valence electrons. The normalized spacial score (nSPS) is 13.6. The number of aryl methyl sites for hydroxylation is 2. The molecule has 0 unspecified atom stereocenters. The Balaban J connectivity index is 1.99. The van der Waals surface area contributed by atoms with Gasteiger partial charge in [0, 0.05) is 11.1 Å². The standard InChI is InChI=1S/C44H38/c1-29-39-25-33(43(3,4)5)27-41(29)37(23-21-31-15-9-10-16-31)38(24-22-32-17-11-12-18-32)42-28-34(44(6,7)8)26-40(30(42)2)36-20-14-13-19-35(36)39/h9-15,17,19-20,25-28H,1-8H3. The summed E-state index contributed by atoms with van der Waals surface area (Å²) < 4.78 is 0. The first kappa shape index (κ1) is 29.1. The van der Waals surface area contributed by atoms with Crippen molar-refractivity contribution in [3.8, 4) is 23.7 Å². The second-order valence-corrected chi connectivity index (χ2v) is 13.9. The van der Waals surface area contributed by atoms with Crippen LogP contribution in [0.3, 0.4) is 0 Å². The van der Waals surface area contributed by atoms with Gasteiger partial charge < -0.3 is 0 Å². The molecule has 0 heterocycles. The van der Waals surface area contributed by atoms with Gasteiger partial charge in [-0.05, 0) is 116 Å². The van der Waals surface area contributed by atoms with Crippen LogP contribution in [0.5, 0.6) is 0 Å². The third-order valence-corrected chi connectivity index (χ3v) is 8.68. The predicted octanol–water partition coefficient (Wildman–Crippen LogP) is 10.9. The van der Waals surface area contributed by atoms with Crippen LogP contribution in [0.1, 0.15) is 74.9 Å². The van der Waals surface area contributed by atoms with E-state index < -0.39 is 0 Å². The quantitative estimate of drug-likeness (QED) is 0.147. The molecule has 2 aliphatic carbocycles. The summed E-state index contributed by atoms with van der Waals surface area (Å²) >= 11 is 0. The van der Waals surface area contributed by atoms with E-state index in [4.69, 9.17) is 0 Å². The molecule has 0 aliphatic heterocycles. The average Bonchev–Trinajstić information content (AvgIpc) is 3.69. The molecule has 0 spiro atoms. The van der Waals surface area contributed by atoms with Crippen LogP contribution in [0.2, 0.25) is 0 Å². The Labute approximate surface area is 262 Å². The van der Waals surface area contributed by atoms with Gasteiger partial charge in [-0.25, -0.2) is 0 Å². The highest BCUT2D eigenvalue weighted by atomic mass is 14.2. The lowest BCUT2D eigenvalue weighted by atomic mass is 9.81. The molecular formula is C44H38. The van der Waals surface area contributed by atoms with E-state index in [-0.39, 0.29) is 10.8 Å². The Hall–Kier alpha value is -4.96. The first-order chi connectivity index (χ1) is 20.9. The zero-order valence-corrected chi connectivity index (χ0v) is 27.1. The summed E-state index contributed by atoms with van der Waals surface area (Å²) in [4.78, 5) is 0. The minimum atomic E-state index is -0.0615. The number of hydrogen-bond acceptors (Lipinski definition) is 0. The Bertz CT molecular complexity index is 2090. The first-order valence-corrected chi connectivity index (χ1v) is 15.4. The highest BCUT2D eigenvalue weighted by molar-refractivity contribution is 6.11. The summed E-state index contributed by atoms with van der Waals surface area (Å²) in [5, 5.41) is 7.22. The molecule has 0 atom stereocenters. The zero-order chi connectivity index (χ0) is 31.2. The SMILES string of the molecule is Cc1c2cc(C(C)(C)C)cc1c1ccccc1c1cc(C(C)(C)C)cc(c(C#CC3=C=CC=C3)c2C#CC2=C=CC=C2)c1C. The number of hydrogen-bond donors (Lipinski definition) is 0. The van der Waals surface area contributed by atoms with Gasteiger partial charge in [0.05, 0.1) is 11.1 Å². The van der Waals surface area contributed by atoms with Gasteiger partial charge in [-0.1, -0.05) is 114 Å². The van der Waals surface area contributed by atoms with Gasteiger partial charge in [-0.2, -0.15) is 0 Å². The van der Waals surface area contributed by atoms with Crippen LogP contribution in [0.4, 0.5) is 0 Å². The first-order valence-electron chi connectivity index (χ1n) is 15.4. The van der Waals surface area contributed by atoms with Crippen molar-refractivity contribution in [1.82, 2.24) is 0 Å². The Kier molecular flexibility index (Phi) is 7.25. The van der Waals surface area contributed by atoms with E-state index in [9.17, 15) is 0 Å². The second-order valence-electron chi connectivity index (χ2n) is 13.9. The fourth-order valence-corrected chi connectivity index (χ4v) is 5.93. The largest absolute Gasteiger partial charge is 0.104 e. The topological polar surface area (TPSA) is 0 Å². The van der Waals surface area contributed by atoms with Crippen molar-refractivity contribution in [3.63, 3.8) is 0 Å². The van der Waals surface area contributed by atoms with Gasteiger partial charge in [0.15, 0.2) is 0 Å². The van der Waals surface area contributed by atoms with Crippen molar-refractivity contribution >= 4 is 32.3 Å². The van der Waals surface area contributed by atoms with Crippen molar-refractivity contribution in [2.75, 3.05) is 0 Å². The third-order valence-electron chi connectivity index (χ3n) is 8.68. The molecule has 0 radical (unpaired) electrons. The number of rotatable bonds is 0. The summed E-state index contributed by atoms with van der Waals surface area (Å²) in [7, 11) is 0. The molecule has 4 aromatic carbocycles. The third kappa shape index (κ3) is 5.44. The van der Waals surface area contributed by atoms with E-state index >= 15 is 0 Å². The maximum Gasteiger partial charge on any atom is 0.0667 e. The maximum absolute atomic E-state index is 3.65. The number of benzene rings is 3. The summed E-state index contributed by atoms with van der Waals surface area (Å²) in [6, 6.07) is 18.4. The van der Waals surface area contributed by atoms with Crippen LogP contribution in [0.25, 0.3) is 32.3 Å².